The van der Waals surface area contributed by atoms with Gasteiger partial charge in [-0.15, -0.1) is 11.3 Å². The minimum absolute atomic E-state index is 0.148. The molecule has 0 N–H and O–H groups in total. The molecule has 1 aromatic carbocycles. The molecule has 2 fully saturated rings. The van der Waals surface area contributed by atoms with Gasteiger partial charge >= 0.3 is 0 Å². The van der Waals surface area contributed by atoms with Gasteiger partial charge in [0.2, 0.25) is 0 Å². The molecule has 0 spiro atoms. The molecule has 2 aliphatic rings. The fraction of sp³-hybridized carbons (Fsp3) is 0.500. The maximum Gasteiger partial charge on any atom is 0.142 e. The van der Waals surface area contributed by atoms with Crippen LogP contribution in [0.1, 0.15) is 48.6 Å². The van der Waals surface area contributed by atoms with Gasteiger partial charge in [-0.25, -0.2) is 4.98 Å². The number of hydrogen-bond donors (Lipinski definition) is 0. The molecule has 6 heteroatoms. The molecule has 1 aliphatic carbocycles. The Balaban J connectivity index is 1.56. The zero-order valence-corrected chi connectivity index (χ0v) is 17.5. The lowest BCUT2D eigenvalue weighted by molar-refractivity contribution is -0.123. The molecule has 1 saturated carbocycles. The van der Waals surface area contributed by atoms with Crippen LogP contribution in [0.15, 0.2) is 24.3 Å². The Morgan fingerprint density at radius 1 is 1.29 bits per heavy atom. The highest BCUT2D eigenvalue weighted by Crippen LogP contribution is 2.49. The number of ether oxygens (including phenoxy) is 1. The van der Waals surface area contributed by atoms with E-state index in [0.29, 0.717) is 23.8 Å². The first-order chi connectivity index (χ1) is 13.5. The number of carbonyl (C=O) groups excluding carboxylic acids is 2. The largest absolute Gasteiger partial charge is 0.381 e. The van der Waals surface area contributed by atoms with Crippen molar-refractivity contribution in [2.75, 3.05) is 13.2 Å². The number of thiazole rings is 1. The summed E-state index contributed by atoms with van der Waals surface area (Å²) < 4.78 is 5.44. The van der Waals surface area contributed by atoms with Crippen molar-refractivity contribution in [1.82, 2.24) is 4.98 Å². The van der Waals surface area contributed by atoms with E-state index in [1.165, 1.54) is 0 Å². The van der Waals surface area contributed by atoms with E-state index in [2.05, 4.69) is 0 Å². The summed E-state index contributed by atoms with van der Waals surface area (Å²) in [5.74, 6) is 0.337. The number of halogens is 1. The summed E-state index contributed by atoms with van der Waals surface area (Å²) in [6.45, 7) is 3.53. The first-order valence-corrected chi connectivity index (χ1v) is 11.0. The highest BCUT2D eigenvalue weighted by molar-refractivity contribution is 7.15. The zero-order valence-electron chi connectivity index (χ0n) is 15.9. The van der Waals surface area contributed by atoms with Gasteiger partial charge in [-0.05, 0) is 50.7 Å². The number of benzene rings is 1. The van der Waals surface area contributed by atoms with Gasteiger partial charge < -0.3 is 9.53 Å². The molecule has 1 aliphatic heterocycles. The third-order valence-electron chi connectivity index (χ3n) is 6.07. The molecule has 1 aromatic heterocycles. The van der Waals surface area contributed by atoms with Crippen LogP contribution in [0.3, 0.4) is 0 Å². The molecule has 4 rings (SSSR count). The Kier molecular flexibility index (Phi) is 5.68. The maximum atomic E-state index is 12.9. The predicted octanol–water partition coefficient (Wildman–Crippen LogP) is 5.22. The summed E-state index contributed by atoms with van der Waals surface area (Å²) in [4.78, 5) is 30.8. The van der Waals surface area contributed by atoms with Crippen LogP contribution in [0.5, 0.6) is 0 Å². The summed E-state index contributed by atoms with van der Waals surface area (Å²) in [7, 11) is 0. The zero-order chi connectivity index (χ0) is 19.7. The topological polar surface area (TPSA) is 56.3 Å². The number of ketones is 1. The van der Waals surface area contributed by atoms with E-state index in [4.69, 9.17) is 21.3 Å². The number of nitrogens with zero attached hydrogens (tertiary/aromatic N) is 1. The van der Waals surface area contributed by atoms with Crippen molar-refractivity contribution in [1.29, 1.82) is 0 Å². The first kappa shape index (κ1) is 19.7. The maximum absolute atomic E-state index is 12.9. The van der Waals surface area contributed by atoms with E-state index in [1.54, 1.807) is 11.3 Å². The van der Waals surface area contributed by atoms with Gasteiger partial charge in [-0.1, -0.05) is 23.7 Å². The number of rotatable bonds is 5. The lowest BCUT2D eigenvalue weighted by Crippen LogP contribution is -2.27. The fourth-order valence-electron chi connectivity index (χ4n) is 4.58. The van der Waals surface area contributed by atoms with Crippen molar-refractivity contribution in [3.05, 3.63) is 39.9 Å². The summed E-state index contributed by atoms with van der Waals surface area (Å²) in [6.07, 6.45) is 4.70. The van der Waals surface area contributed by atoms with Crippen LogP contribution in [0, 0.1) is 18.3 Å². The molecule has 148 valence electrons. The molecule has 0 bridgehead atoms. The van der Waals surface area contributed by atoms with E-state index >= 15 is 0 Å². The molecule has 2 unspecified atom stereocenters. The molecule has 4 nitrogen and oxygen atoms in total. The Morgan fingerprint density at radius 3 is 2.68 bits per heavy atom. The van der Waals surface area contributed by atoms with Gasteiger partial charge in [-0.3, -0.25) is 4.79 Å². The van der Waals surface area contributed by atoms with Crippen LogP contribution in [-0.4, -0.2) is 30.3 Å². The number of hydrogen-bond acceptors (Lipinski definition) is 5. The third-order valence-corrected chi connectivity index (χ3v) is 7.35. The first-order valence-electron chi connectivity index (χ1n) is 9.80. The molecule has 28 heavy (non-hydrogen) atoms. The van der Waals surface area contributed by atoms with Crippen molar-refractivity contribution < 1.29 is 14.3 Å². The summed E-state index contributed by atoms with van der Waals surface area (Å²) in [5, 5.41) is 1.58. The lowest BCUT2D eigenvalue weighted by Gasteiger charge is -2.30. The molecule has 0 radical (unpaired) electrons. The van der Waals surface area contributed by atoms with Crippen molar-refractivity contribution in [2.45, 2.75) is 44.9 Å². The highest BCUT2D eigenvalue weighted by Gasteiger charge is 2.47. The lowest BCUT2D eigenvalue weighted by atomic mass is 9.76. The normalized spacial score (nSPS) is 25.9. The molecular weight excluding hydrogens is 394 g/mol. The van der Waals surface area contributed by atoms with E-state index in [1.807, 2.05) is 31.2 Å². The summed E-state index contributed by atoms with van der Waals surface area (Å²) in [6, 6.07) is 7.59. The smallest absolute Gasteiger partial charge is 0.142 e. The van der Waals surface area contributed by atoms with E-state index < -0.39 is 5.41 Å². The van der Waals surface area contributed by atoms with Gasteiger partial charge in [0.15, 0.2) is 0 Å². The average Bonchev–Trinajstić information content (AvgIpc) is 3.23. The van der Waals surface area contributed by atoms with Crippen LogP contribution in [0.25, 0.3) is 10.6 Å². The van der Waals surface area contributed by atoms with E-state index in [-0.39, 0.29) is 11.7 Å². The second-order valence-electron chi connectivity index (χ2n) is 8.11. The molecule has 1 saturated heterocycles. The minimum atomic E-state index is -0.541. The van der Waals surface area contributed by atoms with Gasteiger partial charge in [-0.2, -0.15) is 0 Å². The SMILES string of the molecule is Cc1sc(-c2ccc(Cl)cc2)nc1C1CC(C=O)(CC2CCOCC2)CC1=O. The van der Waals surface area contributed by atoms with E-state index in [0.717, 1.165) is 59.9 Å². The number of aryl methyl sites for hydroxylation is 1. The van der Waals surface area contributed by atoms with Gasteiger partial charge in [0.25, 0.3) is 0 Å². The molecule has 2 heterocycles. The summed E-state index contributed by atoms with van der Waals surface area (Å²) >= 11 is 7.58. The van der Waals surface area contributed by atoms with Crippen LogP contribution in [0.4, 0.5) is 0 Å². The monoisotopic (exact) mass is 417 g/mol. The Bertz CT molecular complexity index is 872. The number of Topliss-reactive ketones (excluding diaryl/α,β-unsaturated/α-hetero) is 1. The summed E-state index contributed by atoms with van der Waals surface area (Å²) in [5.41, 5.74) is 1.30. The van der Waals surface area contributed by atoms with Gasteiger partial charge in [0.05, 0.1) is 11.6 Å². The third kappa shape index (κ3) is 3.93. The van der Waals surface area contributed by atoms with Crippen molar-refractivity contribution in [2.24, 2.45) is 11.3 Å². The van der Waals surface area contributed by atoms with Crippen LogP contribution >= 0.6 is 22.9 Å². The quantitative estimate of drug-likeness (QED) is 0.626. The van der Waals surface area contributed by atoms with Crippen molar-refractivity contribution in [3.63, 3.8) is 0 Å². The average molecular weight is 418 g/mol. The fourth-order valence-corrected chi connectivity index (χ4v) is 5.68. The Labute approximate surface area is 174 Å². The second-order valence-corrected chi connectivity index (χ2v) is 9.75. The van der Waals surface area contributed by atoms with Crippen molar-refractivity contribution >= 4 is 35.0 Å². The molecule has 2 aromatic rings. The van der Waals surface area contributed by atoms with Crippen LogP contribution in [0.2, 0.25) is 5.02 Å². The van der Waals surface area contributed by atoms with Crippen molar-refractivity contribution in [3.8, 4) is 10.6 Å². The number of aldehydes is 1. The highest BCUT2D eigenvalue weighted by atomic mass is 35.5. The standard InChI is InChI=1S/C22H24ClNO3S/c1-14-20(24-21(28-14)16-2-4-17(23)5-3-16)18-11-22(13-25,12-19(18)26)10-15-6-8-27-9-7-15/h2-5,13,15,18H,6-12H2,1H3. The molecular formula is C22H24ClNO3S. The molecule has 0 amide bonds. The second kappa shape index (κ2) is 8.05. The van der Waals surface area contributed by atoms with Crippen LogP contribution in [-0.2, 0) is 14.3 Å². The number of carbonyl (C=O) groups is 2. The van der Waals surface area contributed by atoms with Crippen LogP contribution < -0.4 is 0 Å². The predicted molar refractivity (Wildman–Crippen MR) is 111 cm³/mol. The van der Waals surface area contributed by atoms with Gasteiger partial charge in [0, 0.05) is 40.5 Å². The van der Waals surface area contributed by atoms with E-state index in [9.17, 15) is 9.59 Å². The minimum Gasteiger partial charge on any atom is -0.381 e. The molecule has 2 atom stereocenters. The Hall–Kier alpha value is -1.56. The van der Waals surface area contributed by atoms with Gasteiger partial charge in [0.1, 0.15) is 17.1 Å². The number of aromatic nitrogens is 1. The Morgan fingerprint density at radius 2 is 2.00 bits per heavy atom.